The van der Waals surface area contributed by atoms with Gasteiger partial charge in [-0.3, -0.25) is 0 Å². The minimum atomic E-state index is -0.888. The first-order chi connectivity index (χ1) is 9.19. The number of hydrogen-bond donors (Lipinski definition) is 1. The topological polar surface area (TPSA) is 37.3 Å². The molecule has 0 fully saturated rings. The van der Waals surface area contributed by atoms with Crippen LogP contribution in [0.1, 0.15) is 66.9 Å². The zero-order chi connectivity index (χ0) is 14.1. The molecule has 0 amide bonds. The van der Waals surface area contributed by atoms with E-state index in [1.54, 1.807) is 12.1 Å². The largest absolute Gasteiger partial charge is 0.478 e. The standard InChI is InChI=1S/C17H24O2/c1-3-5-6-7-8-9-10-14-11-12-16(17(18)19)15(4-2)13-14/h4,11-13H,2-3,5-10H2,1H3,(H,18,19). The lowest BCUT2D eigenvalue weighted by atomic mass is 9.99. The van der Waals surface area contributed by atoms with Crippen molar-refractivity contribution in [2.24, 2.45) is 0 Å². The van der Waals surface area contributed by atoms with Crippen molar-refractivity contribution in [2.75, 3.05) is 0 Å². The third kappa shape index (κ3) is 5.29. The van der Waals surface area contributed by atoms with E-state index in [0.29, 0.717) is 5.56 Å². The number of rotatable bonds is 9. The van der Waals surface area contributed by atoms with Crippen LogP contribution in [0.3, 0.4) is 0 Å². The van der Waals surface area contributed by atoms with E-state index in [9.17, 15) is 4.79 Å². The van der Waals surface area contributed by atoms with E-state index in [-0.39, 0.29) is 0 Å². The molecule has 19 heavy (non-hydrogen) atoms. The highest BCUT2D eigenvalue weighted by molar-refractivity contribution is 5.92. The van der Waals surface area contributed by atoms with Crippen molar-refractivity contribution in [1.29, 1.82) is 0 Å². The Morgan fingerprint density at radius 1 is 1.21 bits per heavy atom. The fourth-order valence-electron chi connectivity index (χ4n) is 2.24. The van der Waals surface area contributed by atoms with Crippen molar-refractivity contribution >= 4 is 12.0 Å². The predicted octanol–water partition coefficient (Wildman–Crippen LogP) is 4.93. The molecule has 0 atom stereocenters. The van der Waals surface area contributed by atoms with E-state index in [0.717, 1.165) is 12.0 Å². The van der Waals surface area contributed by atoms with Crippen LogP contribution in [-0.2, 0) is 6.42 Å². The van der Waals surface area contributed by atoms with Crippen LogP contribution in [0.25, 0.3) is 6.08 Å². The number of carboxylic acids is 1. The molecule has 1 N–H and O–H groups in total. The first kappa shape index (κ1) is 15.5. The lowest BCUT2D eigenvalue weighted by molar-refractivity contribution is 0.0696. The van der Waals surface area contributed by atoms with E-state index >= 15 is 0 Å². The normalized spacial score (nSPS) is 10.4. The van der Waals surface area contributed by atoms with Gasteiger partial charge in [-0.1, -0.05) is 63.8 Å². The fourth-order valence-corrected chi connectivity index (χ4v) is 2.24. The summed E-state index contributed by atoms with van der Waals surface area (Å²) in [6.45, 7) is 5.90. The molecule has 0 heterocycles. The summed E-state index contributed by atoms with van der Waals surface area (Å²) in [5, 5.41) is 9.04. The highest BCUT2D eigenvalue weighted by Gasteiger charge is 2.07. The number of unbranched alkanes of at least 4 members (excludes halogenated alkanes) is 5. The Hall–Kier alpha value is -1.57. The number of carbonyl (C=O) groups is 1. The van der Waals surface area contributed by atoms with E-state index in [2.05, 4.69) is 13.5 Å². The van der Waals surface area contributed by atoms with Crippen molar-refractivity contribution in [3.05, 3.63) is 41.5 Å². The van der Waals surface area contributed by atoms with Crippen molar-refractivity contribution in [3.8, 4) is 0 Å². The van der Waals surface area contributed by atoms with Gasteiger partial charge in [0.25, 0.3) is 0 Å². The van der Waals surface area contributed by atoms with Crippen LogP contribution in [0.15, 0.2) is 24.8 Å². The Kier molecular flexibility index (Phi) is 6.94. The minimum absolute atomic E-state index is 0.335. The Balaban J connectivity index is 2.47. The van der Waals surface area contributed by atoms with Gasteiger partial charge >= 0.3 is 5.97 Å². The van der Waals surface area contributed by atoms with Gasteiger partial charge in [-0.15, -0.1) is 0 Å². The van der Waals surface area contributed by atoms with E-state index in [1.165, 1.54) is 44.1 Å². The van der Waals surface area contributed by atoms with Crippen molar-refractivity contribution in [3.63, 3.8) is 0 Å². The van der Waals surface area contributed by atoms with Gasteiger partial charge in [-0.2, -0.15) is 0 Å². The average molecular weight is 260 g/mol. The number of aryl methyl sites for hydroxylation is 1. The van der Waals surface area contributed by atoms with Crippen molar-refractivity contribution in [1.82, 2.24) is 0 Å². The smallest absolute Gasteiger partial charge is 0.336 e. The molecule has 0 unspecified atom stereocenters. The van der Waals surface area contributed by atoms with Gasteiger partial charge in [-0.05, 0) is 30.0 Å². The van der Waals surface area contributed by atoms with Crippen LogP contribution in [0.2, 0.25) is 0 Å². The molecule has 0 bridgehead atoms. The summed E-state index contributed by atoms with van der Waals surface area (Å²) in [6.07, 6.45) is 10.3. The number of carboxylic acid groups (broad SMARTS) is 1. The maximum Gasteiger partial charge on any atom is 0.336 e. The molecule has 1 rings (SSSR count). The van der Waals surface area contributed by atoms with Gasteiger partial charge in [0.15, 0.2) is 0 Å². The molecule has 0 aliphatic carbocycles. The highest BCUT2D eigenvalue weighted by Crippen LogP contribution is 2.16. The van der Waals surface area contributed by atoms with Gasteiger partial charge in [-0.25, -0.2) is 4.79 Å². The van der Waals surface area contributed by atoms with E-state index < -0.39 is 5.97 Å². The monoisotopic (exact) mass is 260 g/mol. The van der Waals surface area contributed by atoms with Crippen LogP contribution in [0, 0.1) is 0 Å². The van der Waals surface area contributed by atoms with Gasteiger partial charge in [0.1, 0.15) is 0 Å². The summed E-state index contributed by atoms with van der Waals surface area (Å²) in [4.78, 5) is 11.0. The molecule has 0 radical (unpaired) electrons. The number of hydrogen-bond acceptors (Lipinski definition) is 1. The van der Waals surface area contributed by atoms with Crippen LogP contribution in [0.5, 0.6) is 0 Å². The number of aromatic carboxylic acids is 1. The van der Waals surface area contributed by atoms with Gasteiger partial charge in [0.05, 0.1) is 5.56 Å². The Labute approximate surface area is 116 Å². The SMILES string of the molecule is C=Cc1cc(CCCCCCCC)ccc1C(=O)O. The Bertz CT molecular complexity index is 421. The third-order valence-corrected chi connectivity index (χ3v) is 3.39. The van der Waals surface area contributed by atoms with E-state index in [1.807, 2.05) is 12.1 Å². The summed E-state index contributed by atoms with van der Waals surface area (Å²) < 4.78 is 0. The first-order valence-electron chi connectivity index (χ1n) is 7.17. The molecule has 0 aliphatic rings. The van der Waals surface area contributed by atoms with Gasteiger partial charge in [0, 0.05) is 0 Å². The second-order valence-electron chi connectivity index (χ2n) is 4.95. The second-order valence-corrected chi connectivity index (χ2v) is 4.95. The van der Waals surface area contributed by atoms with Crippen LogP contribution < -0.4 is 0 Å². The molecule has 1 aromatic rings. The zero-order valence-corrected chi connectivity index (χ0v) is 11.8. The minimum Gasteiger partial charge on any atom is -0.478 e. The summed E-state index contributed by atoms with van der Waals surface area (Å²) in [5.74, 6) is -0.888. The summed E-state index contributed by atoms with van der Waals surface area (Å²) >= 11 is 0. The van der Waals surface area contributed by atoms with Gasteiger partial charge < -0.3 is 5.11 Å². The Morgan fingerprint density at radius 3 is 2.53 bits per heavy atom. The zero-order valence-electron chi connectivity index (χ0n) is 11.8. The van der Waals surface area contributed by atoms with Crippen LogP contribution in [0.4, 0.5) is 0 Å². The molecular weight excluding hydrogens is 236 g/mol. The van der Waals surface area contributed by atoms with Crippen LogP contribution in [-0.4, -0.2) is 11.1 Å². The lowest BCUT2D eigenvalue weighted by Gasteiger charge is -2.06. The number of benzene rings is 1. The molecular formula is C17H24O2. The predicted molar refractivity (Wildman–Crippen MR) is 80.6 cm³/mol. The molecule has 0 spiro atoms. The molecule has 2 heteroatoms. The second kappa shape index (κ2) is 8.52. The quantitative estimate of drug-likeness (QED) is 0.639. The maximum absolute atomic E-state index is 11.0. The molecule has 104 valence electrons. The van der Waals surface area contributed by atoms with Crippen LogP contribution >= 0.6 is 0 Å². The molecule has 0 aliphatic heterocycles. The molecule has 2 nitrogen and oxygen atoms in total. The molecule has 0 saturated carbocycles. The summed E-state index contributed by atoms with van der Waals surface area (Å²) in [7, 11) is 0. The molecule has 1 aromatic carbocycles. The molecule has 0 aromatic heterocycles. The van der Waals surface area contributed by atoms with Gasteiger partial charge in [0.2, 0.25) is 0 Å². The highest BCUT2D eigenvalue weighted by atomic mass is 16.4. The van der Waals surface area contributed by atoms with Crippen molar-refractivity contribution in [2.45, 2.75) is 51.9 Å². The maximum atomic E-state index is 11.0. The van der Waals surface area contributed by atoms with Crippen molar-refractivity contribution < 1.29 is 9.90 Å². The third-order valence-electron chi connectivity index (χ3n) is 3.39. The summed E-state index contributed by atoms with van der Waals surface area (Å²) in [6, 6.07) is 5.55. The van der Waals surface area contributed by atoms with E-state index in [4.69, 9.17) is 5.11 Å². The Morgan fingerprint density at radius 2 is 1.89 bits per heavy atom. The fraction of sp³-hybridized carbons (Fsp3) is 0.471. The molecule has 0 saturated heterocycles. The summed E-state index contributed by atoms with van der Waals surface area (Å²) in [5.41, 5.74) is 2.26. The lowest BCUT2D eigenvalue weighted by Crippen LogP contribution is -2.00. The first-order valence-corrected chi connectivity index (χ1v) is 7.17. The average Bonchev–Trinajstić information content (AvgIpc) is 2.42.